The van der Waals surface area contributed by atoms with Crippen LogP contribution in [0.25, 0.3) is 10.4 Å². The van der Waals surface area contributed by atoms with Gasteiger partial charge in [-0.05, 0) is 51.4 Å². The molecule has 0 radical (unpaired) electrons. The molecule has 162 valence electrons. The third kappa shape index (κ3) is 5.47. The number of ether oxygens (including phenoxy) is 1. The minimum absolute atomic E-state index is 0.150. The van der Waals surface area contributed by atoms with E-state index in [1.54, 1.807) is 13.0 Å². The second-order valence-electron chi connectivity index (χ2n) is 7.48. The lowest BCUT2D eigenvalue weighted by Crippen LogP contribution is -2.45. The van der Waals surface area contributed by atoms with Crippen LogP contribution in [0.4, 0.5) is 5.00 Å². The molecule has 2 N–H and O–H groups in total. The number of hydrogen-bond acceptors (Lipinski definition) is 6. The van der Waals surface area contributed by atoms with Crippen molar-refractivity contribution in [2.45, 2.75) is 45.7 Å². The van der Waals surface area contributed by atoms with Crippen molar-refractivity contribution in [1.82, 2.24) is 10.2 Å². The fourth-order valence-electron chi connectivity index (χ4n) is 3.76. The monoisotopic (exact) mass is 429 g/mol. The van der Waals surface area contributed by atoms with Gasteiger partial charge >= 0.3 is 5.97 Å². The van der Waals surface area contributed by atoms with Crippen LogP contribution in [-0.2, 0) is 9.53 Å². The van der Waals surface area contributed by atoms with Crippen LogP contribution in [-0.4, -0.2) is 55.1 Å². The van der Waals surface area contributed by atoms with Gasteiger partial charge < -0.3 is 15.4 Å². The van der Waals surface area contributed by atoms with Gasteiger partial charge in [0, 0.05) is 17.5 Å². The first-order valence-electron chi connectivity index (χ1n) is 10.7. The predicted octanol–water partition coefficient (Wildman–Crippen LogP) is 3.99. The van der Waals surface area contributed by atoms with Crippen molar-refractivity contribution in [3.63, 3.8) is 0 Å². The van der Waals surface area contributed by atoms with E-state index in [1.165, 1.54) is 17.8 Å². The summed E-state index contributed by atoms with van der Waals surface area (Å²) in [5, 5.41) is 6.83. The Hall–Kier alpha value is -2.22. The molecule has 1 aromatic carbocycles. The molecule has 3 rings (SSSR count). The van der Waals surface area contributed by atoms with E-state index in [1.807, 2.05) is 37.3 Å². The number of thiophene rings is 1. The summed E-state index contributed by atoms with van der Waals surface area (Å²) in [6.45, 7) is 9.04. The van der Waals surface area contributed by atoms with Gasteiger partial charge in [0.2, 0.25) is 5.91 Å². The van der Waals surface area contributed by atoms with Gasteiger partial charge in [0.1, 0.15) is 5.00 Å². The SMILES string of the molecule is CCOC(=O)c1cc(-c2ccccc2)sc1NC(=O)[C@H](C)NC[C@@H]1CCCN1CC. The van der Waals surface area contributed by atoms with Gasteiger partial charge in [-0.1, -0.05) is 37.3 Å². The van der Waals surface area contributed by atoms with Crippen LogP contribution in [0.3, 0.4) is 0 Å². The first-order chi connectivity index (χ1) is 14.5. The van der Waals surface area contributed by atoms with Gasteiger partial charge in [-0.25, -0.2) is 4.79 Å². The molecule has 1 fully saturated rings. The van der Waals surface area contributed by atoms with Gasteiger partial charge in [0.15, 0.2) is 0 Å². The highest BCUT2D eigenvalue weighted by Crippen LogP contribution is 2.36. The molecule has 1 aliphatic rings. The molecule has 2 aromatic rings. The summed E-state index contributed by atoms with van der Waals surface area (Å²) in [5.74, 6) is -0.570. The zero-order valence-corrected chi connectivity index (χ0v) is 18.8. The highest BCUT2D eigenvalue weighted by Gasteiger charge is 2.25. The minimum atomic E-state index is -0.420. The molecule has 1 amide bonds. The van der Waals surface area contributed by atoms with Crippen LogP contribution in [0.1, 0.15) is 44.0 Å². The van der Waals surface area contributed by atoms with E-state index in [0.717, 1.165) is 36.5 Å². The second-order valence-corrected chi connectivity index (χ2v) is 8.54. The molecule has 0 saturated carbocycles. The highest BCUT2D eigenvalue weighted by molar-refractivity contribution is 7.20. The summed E-state index contributed by atoms with van der Waals surface area (Å²) in [6.07, 6.45) is 2.37. The third-order valence-corrected chi connectivity index (χ3v) is 6.58. The molecule has 0 aliphatic carbocycles. The lowest BCUT2D eigenvalue weighted by molar-refractivity contribution is -0.117. The Morgan fingerprint density at radius 2 is 2.03 bits per heavy atom. The van der Waals surface area contributed by atoms with Crippen LogP contribution < -0.4 is 10.6 Å². The van der Waals surface area contributed by atoms with Crippen LogP contribution in [0, 0.1) is 0 Å². The normalized spacial score (nSPS) is 17.6. The fourth-order valence-corrected chi connectivity index (χ4v) is 4.81. The van der Waals surface area contributed by atoms with Gasteiger partial charge in [0.25, 0.3) is 0 Å². The van der Waals surface area contributed by atoms with Crippen LogP contribution in [0.5, 0.6) is 0 Å². The molecule has 1 saturated heterocycles. The van der Waals surface area contributed by atoms with E-state index < -0.39 is 5.97 Å². The average molecular weight is 430 g/mol. The smallest absolute Gasteiger partial charge is 0.341 e. The number of nitrogens with one attached hydrogen (secondary N) is 2. The van der Waals surface area contributed by atoms with Crippen molar-refractivity contribution in [2.75, 3.05) is 31.6 Å². The van der Waals surface area contributed by atoms with Gasteiger partial charge in [0.05, 0.1) is 18.2 Å². The van der Waals surface area contributed by atoms with Gasteiger partial charge in [-0.15, -0.1) is 11.3 Å². The number of rotatable bonds is 9. The molecular formula is C23H31N3O3S. The molecule has 7 heteroatoms. The van der Waals surface area contributed by atoms with E-state index in [4.69, 9.17) is 4.74 Å². The largest absolute Gasteiger partial charge is 0.462 e. The van der Waals surface area contributed by atoms with Crippen molar-refractivity contribution in [3.8, 4) is 10.4 Å². The Bertz CT molecular complexity index is 853. The van der Waals surface area contributed by atoms with Crippen molar-refractivity contribution in [1.29, 1.82) is 0 Å². The lowest BCUT2D eigenvalue weighted by Gasteiger charge is -2.24. The van der Waals surface area contributed by atoms with E-state index >= 15 is 0 Å². The standard InChI is InChI=1S/C23H31N3O3S/c1-4-26-13-9-12-18(26)15-24-16(3)21(27)25-22-19(23(28)29-5-2)14-20(30-22)17-10-7-6-8-11-17/h6-8,10-11,14,16,18,24H,4-5,9,12-13,15H2,1-3H3,(H,25,27)/t16-,18-/m0/s1. The Labute approximate surface area is 182 Å². The molecule has 0 bridgehead atoms. The highest BCUT2D eigenvalue weighted by atomic mass is 32.1. The molecule has 0 unspecified atom stereocenters. The summed E-state index contributed by atoms with van der Waals surface area (Å²) in [4.78, 5) is 28.6. The lowest BCUT2D eigenvalue weighted by atomic mass is 10.1. The Morgan fingerprint density at radius 3 is 2.73 bits per heavy atom. The number of esters is 1. The maximum absolute atomic E-state index is 12.8. The molecule has 1 aliphatic heterocycles. The quantitative estimate of drug-likeness (QED) is 0.590. The number of nitrogens with zero attached hydrogens (tertiary/aromatic N) is 1. The average Bonchev–Trinajstić information content (AvgIpc) is 3.39. The van der Waals surface area contributed by atoms with Gasteiger partial charge in [-0.3, -0.25) is 9.69 Å². The van der Waals surface area contributed by atoms with E-state index in [0.29, 0.717) is 16.6 Å². The maximum atomic E-state index is 12.8. The van der Waals surface area contributed by atoms with E-state index in [-0.39, 0.29) is 18.6 Å². The Morgan fingerprint density at radius 1 is 1.27 bits per heavy atom. The first-order valence-corrected chi connectivity index (χ1v) is 11.5. The van der Waals surface area contributed by atoms with Gasteiger partial charge in [-0.2, -0.15) is 0 Å². The number of likely N-dealkylation sites (tertiary alicyclic amines) is 1. The number of hydrogen-bond donors (Lipinski definition) is 2. The third-order valence-electron chi connectivity index (χ3n) is 5.48. The molecule has 2 atom stereocenters. The zero-order chi connectivity index (χ0) is 21.5. The van der Waals surface area contributed by atoms with Crippen LogP contribution in [0.2, 0.25) is 0 Å². The Kier molecular flexibility index (Phi) is 8.01. The molecule has 6 nitrogen and oxygen atoms in total. The maximum Gasteiger partial charge on any atom is 0.341 e. The molecular weight excluding hydrogens is 398 g/mol. The zero-order valence-electron chi connectivity index (χ0n) is 17.9. The number of benzene rings is 1. The fraction of sp³-hybridized carbons (Fsp3) is 0.478. The topological polar surface area (TPSA) is 70.7 Å². The Balaban J connectivity index is 1.69. The number of anilines is 1. The van der Waals surface area contributed by atoms with Crippen LogP contribution >= 0.6 is 11.3 Å². The molecule has 0 spiro atoms. The molecule has 30 heavy (non-hydrogen) atoms. The molecule has 1 aromatic heterocycles. The summed E-state index contributed by atoms with van der Waals surface area (Å²) >= 11 is 1.39. The van der Waals surface area contributed by atoms with Crippen molar-refractivity contribution in [2.24, 2.45) is 0 Å². The summed E-state index contributed by atoms with van der Waals surface area (Å²) < 4.78 is 5.19. The van der Waals surface area contributed by atoms with Crippen molar-refractivity contribution >= 4 is 28.2 Å². The van der Waals surface area contributed by atoms with Crippen molar-refractivity contribution < 1.29 is 14.3 Å². The minimum Gasteiger partial charge on any atom is -0.462 e. The number of likely N-dealkylation sites (N-methyl/N-ethyl adjacent to an activating group) is 1. The molecule has 2 heterocycles. The number of carbonyl (C=O) groups is 2. The van der Waals surface area contributed by atoms with E-state index in [9.17, 15) is 9.59 Å². The number of carbonyl (C=O) groups excluding carboxylic acids is 2. The number of amides is 1. The van der Waals surface area contributed by atoms with Crippen molar-refractivity contribution in [3.05, 3.63) is 42.0 Å². The first kappa shape index (κ1) is 22.5. The predicted molar refractivity (Wildman–Crippen MR) is 122 cm³/mol. The van der Waals surface area contributed by atoms with E-state index in [2.05, 4.69) is 22.5 Å². The second kappa shape index (κ2) is 10.7. The summed E-state index contributed by atoms with van der Waals surface area (Å²) in [7, 11) is 0. The summed E-state index contributed by atoms with van der Waals surface area (Å²) in [5.41, 5.74) is 1.40. The van der Waals surface area contributed by atoms with Crippen LogP contribution in [0.15, 0.2) is 36.4 Å². The summed E-state index contributed by atoms with van der Waals surface area (Å²) in [6, 6.07) is 11.7.